The predicted molar refractivity (Wildman–Crippen MR) is 215 cm³/mol. The van der Waals surface area contributed by atoms with E-state index in [1.807, 2.05) is 42.5 Å². The molecular weight excluding hydrogens is 717 g/mol. The third kappa shape index (κ3) is 8.66. The largest absolute Gasteiger partial charge is 0.459 e. The van der Waals surface area contributed by atoms with Crippen molar-refractivity contribution in [1.29, 1.82) is 0 Å². The van der Waals surface area contributed by atoms with Gasteiger partial charge in [-0.05, 0) is 96.8 Å². The highest BCUT2D eigenvalue weighted by Crippen LogP contribution is 2.47. The van der Waals surface area contributed by atoms with Crippen molar-refractivity contribution in [3.8, 4) is 6.01 Å². The van der Waals surface area contributed by atoms with Crippen LogP contribution in [0.25, 0.3) is 6.08 Å². The summed E-state index contributed by atoms with van der Waals surface area (Å²) >= 11 is 0. The fourth-order valence-electron chi connectivity index (χ4n) is 7.76. The molecule has 6 rings (SSSR count). The Labute approximate surface area is 327 Å². The van der Waals surface area contributed by atoms with Crippen molar-refractivity contribution in [1.82, 2.24) is 24.5 Å². The van der Waals surface area contributed by atoms with Gasteiger partial charge in [0.15, 0.2) is 0 Å². The minimum Gasteiger partial charge on any atom is -0.459 e. The number of aromatic nitrogens is 2. The Hall–Kier alpha value is -4.13. The van der Waals surface area contributed by atoms with E-state index < -0.39 is 50.3 Å². The highest BCUT2D eigenvalue weighted by molar-refractivity contribution is 7.91. The van der Waals surface area contributed by atoms with Crippen molar-refractivity contribution in [3.63, 3.8) is 0 Å². The first-order chi connectivity index (χ1) is 26.1. The molecule has 1 aromatic heterocycles. The first-order valence-electron chi connectivity index (χ1n) is 20.2. The molecule has 2 aromatic rings. The lowest BCUT2D eigenvalue weighted by molar-refractivity contribution is -0.140. The number of rotatable bonds is 11. The van der Waals surface area contributed by atoms with Gasteiger partial charge in [0.2, 0.25) is 21.8 Å². The molecule has 55 heavy (non-hydrogen) atoms. The molecule has 12 nitrogen and oxygen atoms in total. The fraction of sp³-hybridized carbons (Fsp3) is 0.619. The standard InChI is InChI=1S/C42H60N6O6S/c1-8-35-34(23-29(6)27(2)3)44-40(48(35)28(4)5)54-32-24-36-37(49)45-42(39(51)46-55(52,53)41(7)21-22-41)25-30(42)17-13-10-9-11-16-20-33(38(50)47(36)26-32)43-31-18-14-12-15-19-31/h12-15,17-19,23,27-28,30,32-33,36,43H,8-11,16,20-22,24-26H2,1-7H3,(H,45,49)(H,46,51). The Morgan fingerprint density at radius 2 is 1.84 bits per heavy atom. The molecule has 2 aliphatic carbocycles. The molecule has 5 unspecified atom stereocenters. The predicted octanol–water partition coefficient (Wildman–Crippen LogP) is 6.31. The maximum Gasteiger partial charge on any atom is 0.297 e. The van der Waals surface area contributed by atoms with Gasteiger partial charge in [-0.25, -0.2) is 8.42 Å². The zero-order valence-corrected chi connectivity index (χ0v) is 34.4. The van der Waals surface area contributed by atoms with Crippen LogP contribution in [0.1, 0.15) is 124 Å². The molecule has 1 aromatic carbocycles. The summed E-state index contributed by atoms with van der Waals surface area (Å²) in [5.74, 6) is -1.49. The highest BCUT2D eigenvalue weighted by atomic mass is 32.2. The number of hydrogen-bond donors (Lipinski definition) is 3. The van der Waals surface area contributed by atoms with Crippen molar-refractivity contribution in [2.75, 3.05) is 11.9 Å². The molecule has 3 N–H and O–H groups in total. The number of ether oxygens (including phenoxy) is 1. The third-order valence-electron chi connectivity index (χ3n) is 12.0. The van der Waals surface area contributed by atoms with Crippen LogP contribution in [-0.4, -0.2) is 75.6 Å². The van der Waals surface area contributed by atoms with E-state index in [0.717, 1.165) is 49.2 Å². The van der Waals surface area contributed by atoms with Crippen LogP contribution in [0.3, 0.4) is 0 Å². The van der Waals surface area contributed by atoms with Gasteiger partial charge < -0.3 is 20.3 Å². The number of carbonyl (C=O) groups is 3. The summed E-state index contributed by atoms with van der Waals surface area (Å²) in [5, 5.41) is 6.43. The Morgan fingerprint density at radius 1 is 1.11 bits per heavy atom. The Morgan fingerprint density at radius 3 is 2.49 bits per heavy atom. The topological polar surface area (TPSA) is 152 Å². The van der Waals surface area contributed by atoms with Crippen molar-refractivity contribution in [2.45, 2.75) is 147 Å². The van der Waals surface area contributed by atoms with Crippen molar-refractivity contribution in [2.24, 2.45) is 11.8 Å². The SMILES string of the molecule is CCc1c(C=C(C)C(C)C)nc(OC2CC3C(=O)NC4(C(=O)NS(=O)(=O)C5(C)CC5)CC4C=CCCCCCC(Nc4ccccc4)C(=O)N3C2)n1C(C)C. The van der Waals surface area contributed by atoms with Crippen molar-refractivity contribution >= 4 is 39.5 Å². The second-order valence-electron chi connectivity index (χ2n) is 16.9. The van der Waals surface area contributed by atoms with E-state index in [0.29, 0.717) is 31.2 Å². The summed E-state index contributed by atoms with van der Waals surface area (Å²) in [6, 6.07) is 8.50. The number of nitrogens with zero attached hydrogens (tertiary/aromatic N) is 3. The van der Waals surface area contributed by atoms with Crippen LogP contribution in [0.4, 0.5) is 5.69 Å². The lowest BCUT2D eigenvalue weighted by Gasteiger charge is -2.30. The molecule has 4 aliphatic rings. The van der Waals surface area contributed by atoms with Crippen LogP contribution >= 0.6 is 0 Å². The first kappa shape index (κ1) is 40.5. The highest BCUT2D eigenvalue weighted by Gasteiger charge is 2.63. The smallest absolute Gasteiger partial charge is 0.297 e. The number of benzene rings is 1. The van der Waals surface area contributed by atoms with Gasteiger partial charge in [0.05, 0.1) is 17.0 Å². The molecule has 1 saturated heterocycles. The van der Waals surface area contributed by atoms with E-state index in [-0.39, 0.29) is 37.3 Å². The quantitative estimate of drug-likeness (QED) is 0.225. The van der Waals surface area contributed by atoms with Gasteiger partial charge in [0, 0.05) is 29.8 Å². The van der Waals surface area contributed by atoms with Gasteiger partial charge in [-0.1, -0.05) is 69.5 Å². The lowest BCUT2D eigenvalue weighted by Crippen LogP contribution is -2.58. The lowest BCUT2D eigenvalue weighted by atomic mass is 10.0. The molecule has 0 spiro atoms. The molecule has 2 aliphatic heterocycles. The summed E-state index contributed by atoms with van der Waals surface area (Å²) in [5.41, 5.74) is 2.46. The number of nitrogens with one attached hydrogen (secondary N) is 3. The zero-order valence-electron chi connectivity index (χ0n) is 33.6. The molecule has 300 valence electrons. The Bertz CT molecular complexity index is 1920. The summed E-state index contributed by atoms with van der Waals surface area (Å²) in [4.78, 5) is 49.8. The van der Waals surface area contributed by atoms with E-state index in [1.54, 1.807) is 11.8 Å². The van der Waals surface area contributed by atoms with Gasteiger partial charge in [0.25, 0.3) is 11.9 Å². The van der Waals surface area contributed by atoms with Crippen LogP contribution in [0.5, 0.6) is 6.01 Å². The van der Waals surface area contributed by atoms with Gasteiger partial charge in [-0.15, -0.1) is 0 Å². The third-order valence-corrected chi connectivity index (χ3v) is 14.2. The number of sulfonamides is 1. The summed E-state index contributed by atoms with van der Waals surface area (Å²) in [7, 11) is -3.95. The van der Waals surface area contributed by atoms with Gasteiger partial charge >= 0.3 is 0 Å². The molecule has 0 radical (unpaired) electrons. The minimum atomic E-state index is -3.95. The molecular formula is C42H60N6O6S. The number of fused-ring (bicyclic) bond motifs is 2. The molecule has 3 heterocycles. The number of amides is 3. The van der Waals surface area contributed by atoms with Gasteiger partial charge in [-0.2, -0.15) is 4.98 Å². The van der Waals surface area contributed by atoms with E-state index in [9.17, 15) is 22.8 Å². The molecule has 0 bridgehead atoms. The minimum absolute atomic E-state index is 0.0441. The Balaban J connectivity index is 1.34. The maximum atomic E-state index is 14.7. The molecule has 2 saturated carbocycles. The van der Waals surface area contributed by atoms with E-state index in [2.05, 4.69) is 67.5 Å². The maximum absolute atomic E-state index is 14.7. The molecule has 3 fully saturated rings. The number of hydrogen-bond acceptors (Lipinski definition) is 8. The van der Waals surface area contributed by atoms with Crippen molar-refractivity contribution in [3.05, 3.63) is 59.4 Å². The normalized spacial score (nSPS) is 27.1. The monoisotopic (exact) mass is 776 g/mol. The fourth-order valence-corrected chi connectivity index (χ4v) is 9.07. The number of allylic oxidation sites excluding steroid dienone is 2. The molecule has 5 atom stereocenters. The summed E-state index contributed by atoms with van der Waals surface area (Å²) in [6.07, 6.45) is 11.6. The number of anilines is 1. The van der Waals surface area contributed by atoms with E-state index in [1.165, 1.54) is 5.57 Å². The van der Waals surface area contributed by atoms with E-state index in [4.69, 9.17) is 9.72 Å². The van der Waals surface area contributed by atoms with Crippen LogP contribution in [0, 0.1) is 11.8 Å². The van der Waals surface area contributed by atoms with Gasteiger partial charge in [-0.3, -0.25) is 23.7 Å². The van der Waals surface area contributed by atoms with Crippen LogP contribution in [-0.2, 0) is 30.8 Å². The average Bonchev–Trinajstić information content (AvgIpc) is 3.97. The van der Waals surface area contributed by atoms with Crippen molar-refractivity contribution < 1.29 is 27.5 Å². The van der Waals surface area contributed by atoms with Crippen LogP contribution < -0.4 is 20.1 Å². The Kier molecular flexibility index (Phi) is 11.9. The summed E-state index contributed by atoms with van der Waals surface area (Å²) in [6.45, 7) is 14.4. The van der Waals surface area contributed by atoms with Gasteiger partial charge in [0.1, 0.15) is 23.7 Å². The number of imidazole rings is 1. The zero-order chi connectivity index (χ0) is 39.7. The van der Waals surface area contributed by atoms with Crippen LogP contribution in [0.15, 0.2) is 48.1 Å². The van der Waals surface area contributed by atoms with Crippen LogP contribution in [0.2, 0.25) is 0 Å². The second-order valence-corrected chi connectivity index (χ2v) is 19.1. The molecule has 3 amide bonds. The van der Waals surface area contributed by atoms with E-state index >= 15 is 0 Å². The first-order valence-corrected chi connectivity index (χ1v) is 21.7. The second kappa shape index (κ2) is 16.2. The number of para-hydroxylation sites is 1. The number of carbonyl (C=O) groups excluding carboxylic acids is 3. The molecule has 13 heteroatoms. The average molecular weight is 777 g/mol. The summed E-state index contributed by atoms with van der Waals surface area (Å²) < 4.78 is 36.5.